The maximum atomic E-state index is 11.9. The van der Waals surface area contributed by atoms with Crippen LogP contribution in [0.2, 0.25) is 0 Å². The summed E-state index contributed by atoms with van der Waals surface area (Å²) in [6, 6.07) is 3.51. The van der Waals surface area contributed by atoms with Gasteiger partial charge in [0.25, 0.3) is 0 Å². The van der Waals surface area contributed by atoms with Crippen LogP contribution in [-0.2, 0) is 11.3 Å². The van der Waals surface area contributed by atoms with Gasteiger partial charge >= 0.3 is 12.0 Å². The molecule has 1 heterocycles. The molecule has 2 N–H and O–H groups in total. The number of carbonyl (C=O) groups is 2. The molecule has 0 aromatic carbocycles. The third-order valence-electron chi connectivity index (χ3n) is 2.94. The van der Waals surface area contributed by atoms with Crippen molar-refractivity contribution in [1.82, 2.24) is 10.2 Å². The van der Waals surface area contributed by atoms with Gasteiger partial charge in [-0.2, -0.15) is 0 Å². The van der Waals surface area contributed by atoms with Crippen molar-refractivity contribution >= 4 is 12.0 Å². The van der Waals surface area contributed by atoms with Crippen LogP contribution in [-0.4, -0.2) is 35.1 Å². The molecule has 1 rings (SSSR count). The molecule has 0 atom stereocenters. The van der Waals surface area contributed by atoms with E-state index in [1.165, 1.54) is 0 Å². The van der Waals surface area contributed by atoms with Crippen LogP contribution in [0.1, 0.15) is 38.4 Å². The van der Waals surface area contributed by atoms with E-state index < -0.39 is 5.97 Å². The maximum Gasteiger partial charge on any atom is 0.317 e. The lowest BCUT2D eigenvalue weighted by molar-refractivity contribution is -0.137. The van der Waals surface area contributed by atoms with Gasteiger partial charge in [-0.1, -0.05) is 6.42 Å². The van der Waals surface area contributed by atoms with Crippen molar-refractivity contribution in [2.75, 3.05) is 13.1 Å². The number of hydrogen-bond acceptors (Lipinski definition) is 3. The third-order valence-corrected chi connectivity index (χ3v) is 2.94. The van der Waals surface area contributed by atoms with Crippen LogP contribution >= 0.6 is 0 Å². The quantitative estimate of drug-likeness (QED) is 0.681. The molecule has 0 saturated carbocycles. The molecule has 0 bridgehead atoms. The van der Waals surface area contributed by atoms with E-state index in [1.54, 1.807) is 17.2 Å². The Morgan fingerprint density at radius 1 is 1.35 bits per heavy atom. The topological polar surface area (TPSA) is 82.8 Å². The summed E-state index contributed by atoms with van der Waals surface area (Å²) in [5, 5.41) is 11.3. The Hall–Kier alpha value is -1.98. The number of unbranched alkanes of at least 4 members (excludes halogenated alkanes) is 2. The number of carboxylic acid groups (broad SMARTS) is 1. The fourth-order valence-corrected chi connectivity index (χ4v) is 1.80. The lowest BCUT2D eigenvalue weighted by Gasteiger charge is -2.20. The summed E-state index contributed by atoms with van der Waals surface area (Å²) in [7, 11) is 0. The average Bonchev–Trinajstić information content (AvgIpc) is 2.92. The highest BCUT2D eigenvalue weighted by Crippen LogP contribution is 2.05. The molecule has 0 aliphatic heterocycles. The van der Waals surface area contributed by atoms with Gasteiger partial charge in [0.1, 0.15) is 5.76 Å². The average molecular weight is 282 g/mol. The Bertz CT molecular complexity index is 403. The normalized spacial score (nSPS) is 10.2. The van der Waals surface area contributed by atoms with Crippen molar-refractivity contribution in [3.63, 3.8) is 0 Å². The molecule has 112 valence electrons. The highest BCUT2D eigenvalue weighted by Gasteiger charge is 2.12. The van der Waals surface area contributed by atoms with E-state index >= 15 is 0 Å². The second kappa shape index (κ2) is 9.01. The Morgan fingerprint density at radius 2 is 2.15 bits per heavy atom. The van der Waals surface area contributed by atoms with Gasteiger partial charge in [0, 0.05) is 19.5 Å². The lowest BCUT2D eigenvalue weighted by atomic mass is 10.2. The summed E-state index contributed by atoms with van der Waals surface area (Å²) < 4.78 is 5.22. The molecular weight excluding hydrogens is 260 g/mol. The fraction of sp³-hybridized carbons (Fsp3) is 0.571. The van der Waals surface area contributed by atoms with Crippen LogP contribution in [0.15, 0.2) is 22.8 Å². The first-order valence-electron chi connectivity index (χ1n) is 6.90. The molecule has 6 heteroatoms. The summed E-state index contributed by atoms with van der Waals surface area (Å²) in [6.45, 7) is 3.53. The first kappa shape index (κ1) is 16.1. The van der Waals surface area contributed by atoms with Gasteiger partial charge in [-0.15, -0.1) is 0 Å². The number of carbonyl (C=O) groups excluding carboxylic acids is 1. The van der Waals surface area contributed by atoms with Gasteiger partial charge in [0.05, 0.1) is 12.8 Å². The third kappa shape index (κ3) is 6.26. The summed E-state index contributed by atoms with van der Waals surface area (Å²) in [5.74, 6) is -0.0203. The molecular formula is C14H22N2O4. The number of furan rings is 1. The number of nitrogens with one attached hydrogen (secondary N) is 1. The predicted molar refractivity (Wildman–Crippen MR) is 74.3 cm³/mol. The summed E-state index contributed by atoms with van der Waals surface area (Å²) in [6.07, 6.45) is 4.01. The number of carboxylic acids is 1. The zero-order chi connectivity index (χ0) is 14.8. The smallest absolute Gasteiger partial charge is 0.317 e. The van der Waals surface area contributed by atoms with Crippen molar-refractivity contribution in [1.29, 1.82) is 0 Å². The van der Waals surface area contributed by atoms with Crippen molar-refractivity contribution in [2.45, 2.75) is 39.2 Å². The van der Waals surface area contributed by atoms with E-state index in [9.17, 15) is 9.59 Å². The zero-order valence-corrected chi connectivity index (χ0v) is 11.8. The van der Waals surface area contributed by atoms with E-state index in [4.69, 9.17) is 9.52 Å². The summed E-state index contributed by atoms with van der Waals surface area (Å²) in [5.41, 5.74) is 0. The molecule has 2 amide bonds. The molecule has 1 aromatic heterocycles. The first-order valence-corrected chi connectivity index (χ1v) is 6.90. The van der Waals surface area contributed by atoms with Gasteiger partial charge in [-0.05, 0) is 31.9 Å². The first-order chi connectivity index (χ1) is 9.63. The Balaban J connectivity index is 2.18. The molecule has 0 saturated heterocycles. The molecule has 0 fully saturated rings. The van der Waals surface area contributed by atoms with Crippen molar-refractivity contribution < 1.29 is 19.1 Å². The van der Waals surface area contributed by atoms with E-state index in [-0.39, 0.29) is 12.5 Å². The Morgan fingerprint density at radius 3 is 2.75 bits per heavy atom. The molecule has 0 radical (unpaired) electrons. The Labute approximate surface area is 118 Å². The monoisotopic (exact) mass is 282 g/mol. The van der Waals surface area contributed by atoms with E-state index in [2.05, 4.69) is 5.32 Å². The number of nitrogens with zero attached hydrogens (tertiary/aromatic N) is 1. The largest absolute Gasteiger partial charge is 0.481 e. The number of hydrogen-bond donors (Lipinski definition) is 2. The molecule has 0 unspecified atom stereocenters. The van der Waals surface area contributed by atoms with Crippen LogP contribution < -0.4 is 5.32 Å². The summed E-state index contributed by atoms with van der Waals surface area (Å²) >= 11 is 0. The molecule has 0 aliphatic carbocycles. The zero-order valence-electron chi connectivity index (χ0n) is 11.8. The molecule has 20 heavy (non-hydrogen) atoms. The fourth-order valence-electron chi connectivity index (χ4n) is 1.80. The highest BCUT2D eigenvalue weighted by molar-refractivity contribution is 5.74. The number of aliphatic carboxylic acids is 1. The van der Waals surface area contributed by atoms with Crippen LogP contribution in [0.5, 0.6) is 0 Å². The van der Waals surface area contributed by atoms with Crippen LogP contribution in [0, 0.1) is 0 Å². The van der Waals surface area contributed by atoms with Crippen LogP contribution in [0.4, 0.5) is 4.79 Å². The summed E-state index contributed by atoms with van der Waals surface area (Å²) in [4.78, 5) is 23.9. The molecule has 1 aromatic rings. The molecule has 0 spiro atoms. The second-order valence-electron chi connectivity index (χ2n) is 4.53. The standard InChI is InChI=1S/C14H22N2O4/c1-2-16(11-12-7-6-10-20-12)14(19)15-9-5-3-4-8-13(17)18/h6-7,10H,2-5,8-9,11H2,1H3,(H,15,19)(H,17,18). The van der Waals surface area contributed by atoms with E-state index in [0.717, 1.165) is 18.6 Å². The maximum absolute atomic E-state index is 11.9. The number of amides is 2. The minimum absolute atomic E-state index is 0.123. The van der Waals surface area contributed by atoms with Gasteiger partial charge in [0.15, 0.2) is 0 Å². The van der Waals surface area contributed by atoms with Gasteiger partial charge in [-0.3, -0.25) is 4.79 Å². The minimum Gasteiger partial charge on any atom is -0.481 e. The predicted octanol–water partition coefficient (Wildman–Crippen LogP) is 2.46. The van der Waals surface area contributed by atoms with Crippen molar-refractivity contribution in [3.05, 3.63) is 24.2 Å². The van der Waals surface area contributed by atoms with E-state index in [0.29, 0.717) is 26.1 Å². The van der Waals surface area contributed by atoms with Crippen molar-refractivity contribution in [3.8, 4) is 0 Å². The van der Waals surface area contributed by atoms with E-state index in [1.807, 2.05) is 13.0 Å². The molecule has 6 nitrogen and oxygen atoms in total. The highest BCUT2D eigenvalue weighted by atomic mass is 16.4. The SMILES string of the molecule is CCN(Cc1ccco1)C(=O)NCCCCCC(=O)O. The van der Waals surface area contributed by atoms with Crippen LogP contribution in [0.3, 0.4) is 0 Å². The number of urea groups is 1. The lowest BCUT2D eigenvalue weighted by Crippen LogP contribution is -2.39. The minimum atomic E-state index is -0.773. The second-order valence-corrected chi connectivity index (χ2v) is 4.53. The van der Waals surface area contributed by atoms with Gasteiger partial charge < -0.3 is 19.7 Å². The Kier molecular flexibility index (Phi) is 7.24. The molecule has 0 aliphatic rings. The van der Waals surface area contributed by atoms with Gasteiger partial charge in [-0.25, -0.2) is 4.79 Å². The van der Waals surface area contributed by atoms with Crippen LogP contribution in [0.25, 0.3) is 0 Å². The number of rotatable bonds is 9. The van der Waals surface area contributed by atoms with Crippen molar-refractivity contribution in [2.24, 2.45) is 0 Å². The van der Waals surface area contributed by atoms with Gasteiger partial charge in [0.2, 0.25) is 0 Å².